The Hall–Kier alpha value is -1.12. The van der Waals surface area contributed by atoms with Crippen molar-refractivity contribution in [2.24, 2.45) is 5.92 Å². The molecular weight excluding hydrogens is 210 g/mol. The Kier molecular flexibility index (Phi) is 2.57. The molecular formula is C15H19NO. The lowest BCUT2D eigenvalue weighted by molar-refractivity contribution is -0.0366. The Balaban J connectivity index is 1.99. The van der Waals surface area contributed by atoms with E-state index in [0.29, 0.717) is 0 Å². The van der Waals surface area contributed by atoms with E-state index in [1.807, 2.05) is 13.0 Å². The Morgan fingerprint density at radius 2 is 2.06 bits per heavy atom. The van der Waals surface area contributed by atoms with E-state index in [2.05, 4.69) is 35.2 Å². The lowest BCUT2D eigenvalue weighted by atomic mass is 9.74. The number of fused-ring (bicyclic) bond motifs is 2. The van der Waals surface area contributed by atoms with Gasteiger partial charge in [0.2, 0.25) is 0 Å². The number of piperidine rings is 1. The van der Waals surface area contributed by atoms with Crippen LogP contribution in [0.25, 0.3) is 5.57 Å². The standard InChI is InChI=1S/C15H19NO/c1-15(17)8-10-16-9-7-13(14(15)11-16)12-5-3-2-4-6-12/h2-7,14,17H,8-11H2,1H3/t14-,15-/m1/s1. The molecule has 2 aliphatic rings. The molecule has 1 N–H and O–H groups in total. The SMILES string of the molecule is C[C@@]1(O)CCN2CC=C(c3ccccc3)[C@H]1C2. The van der Waals surface area contributed by atoms with E-state index < -0.39 is 5.60 Å². The zero-order valence-electron chi connectivity index (χ0n) is 10.3. The fourth-order valence-corrected chi connectivity index (χ4v) is 3.02. The molecule has 0 aliphatic carbocycles. The number of nitrogens with zero attached hydrogens (tertiary/aromatic N) is 1. The summed E-state index contributed by atoms with van der Waals surface area (Å²) in [7, 11) is 0. The fraction of sp³-hybridized carbons (Fsp3) is 0.467. The molecule has 17 heavy (non-hydrogen) atoms. The van der Waals surface area contributed by atoms with Crippen LogP contribution >= 0.6 is 0 Å². The Labute approximate surface area is 103 Å². The first kappa shape index (κ1) is 11.0. The van der Waals surface area contributed by atoms with Gasteiger partial charge in [0.15, 0.2) is 0 Å². The molecule has 0 radical (unpaired) electrons. The molecule has 2 aliphatic heterocycles. The van der Waals surface area contributed by atoms with Gasteiger partial charge >= 0.3 is 0 Å². The Morgan fingerprint density at radius 1 is 1.29 bits per heavy atom. The zero-order chi connectivity index (χ0) is 11.9. The highest BCUT2D eigenvalue weighted by atomic mass is 16.3. The summed E-state index contributed by atoms with van der Waals surface area (Å²) in [6.45, 7) is 5.02. The second-order valence-corrected chi connectivity index (χ2v) is 5.44. The Morgan fingerprint density at radius 3 is 2.82 bits per heavy atom. The first-order valence-corrected chi connectivity index (χ1v) is 6.37. The highest BCUT2D eigenvalue weighted by Gasteiger charge is 2.41. The van der Waals surface area contributed by atoms with Gasteiger partial charge in [0.25, 0.3) is 0 Å². The number of hydrogen-bond donors (Lipinski definition) is 1. The van der Waals surface area contributed by atoms with E-state index in [0.717, 1.165) is 26.1 Å². The smallest absolute Gasteiger partial charge is 0.0712 e. The van der Waals surface area contributed by atoms with Gasteiger partial charge in [-0.3, -0.25) is 4.90 Å². The van der Waals surface area contributed by atoms with E-state index in [1.54, 1.807) is 0 Å². The van der Waals surface area contributed by atoms with Gasteiger partial charge in [-0.15, -0.1) is 0 Å². The molecule has 3 rings (SSSR count). The summed E-state index contributed by atoms with van der Waals surface area (Å²) in [5.74, 6) is 0.257. The topological polar surface area (TPSA) is 23.5 Å². The van der Waals surface area contributed by atoms with E-state index in [4.69, 9.17) is 0 Å². The minimum Gasteiger partial charge on any atom is -0.389 e. The quantitative estimate of drug-likeness (QED) is 0.797. The summed E-state index contributed by atoms with van der Waals surface area (Å²) in [4.78, 5) is 2.43. The lowest BCUT2D eigenvalue weighted by Gasteiger charge is -2.46. The van der Waals surface area contributed by atoms with Crippen molar-refractivity contribution in [3.63, 3.8) is 0 Å². The third-order valence-corrected chi connectivity index (χ3v) is 4.18. The summed E-state index contributed by atoms with van der Waals surface area (Å²) in [6.07, 6.45) is 3.17. The first-order valence-electron chi connectivity index (χ1n) is 6.37. The average molecular weight is 229 g/mol. The number of rotatable bonds is 1. The summed E-state index contributed by atoms with van der Waals surface area (Å²) in [5.41, 5.74) is 2.03. The molecule has 90 valence electrons. The molecule has 2 bridgehead atoms. The van der Waals surface area contributed by atoms with E-state index in [1.165, 1.54) is 11.1 Å². The third-order valence-electron chi connectivity index (χ3n) is 4.18. The molecule has 3 atom stereocenters. The summed E-state index contributed by atoms with van der Waals surface area (Å²) >= 11 is 0. The van der Waals surface area contributed by atoms with Crippen LogP contribution in [0, 0.1) is 5.92 Å². The minimum absolute atomic E-state index is 0.257. The van der Waals surface area contributed by atoms with Crippen molar-refractivity contribution < 1.29 is 5.11 Å². The fourth-order valence-electron chi connectivity index (χ4n) is 3.02. The third kappa shape index (κ3) is 1.92. The van der Waals surface area contributed by atoms with Gasteiger partial charge < -0.3 is 5.11 Å². The first-order chi connectivity index (χ1) is 8.17. The summed E-state index contributed by atoms with van der Waals surface area (Å²) in [6, 6.07) is 10.5. The Bertz CT molecular complexity index is 435. The van der Waals surface area contributed by atoms with Crippen molar-refractivity contribution in [2.45, 2.75) is 18.9 Å². The monoisotopic (exact) mass is 229 g/mol. The molecule has 2 nitrogen and oxygen atoms in total. The van der Waals surface area contributed by atoms with Gasteiger partial charge in [0, 0.05) is 25.6 Å². The van der Waals surface area contributed by atoms with Crippen molar-refractivity contribution in [3.05, 3.63) is 42.0 Å². The van der Waals surface area contributed by atoms with Gasteiger partial charge in [0.05, 0.1) is 5.60 Å². The second-order valence-electron chi connectivity index (χ2n) is 5.44. The number of hydrogen-bond acceptors (Lipinski definition) is 2. The molecule has 0 saturated carbocycles. The predicted molar refractivity (Wildman–Crippen MR) is 69.6 cm³/mol. The van der Waals surface area contributed by atoms with E-state index in [9.17, 15) is 5.11 Å². The van der Waals surface area contributed by atoms with Crippen molar-refractivity contribution in [3.8, 4) is 0 Å². The maximum Gasteiger partial charge on any atom is 0.0712 e. The van der Waals surface area contributed by atoms with E-state index in [-0.39, 0.29) is 5.92 Å². The van der Waals surface area contributed by atoms with Gasteiger partial charge in [-0.2, -0.15) is 0 Å². The minimum atomic E-state index is -0.557. The van der Waals surface area contributed by atoms with E-state index >= 15 is 0 Å². The molecule has 0 spiro atoms. The van der Waals surface area contributed by atoms with Crippen LogP contribution in [0.3, 0.4) is 0 Å². The molecule has 0 aromatic heterocycles. The average Bonchev–Trinajstić information content (AvgIpc) is 2.36. The lowest BCUT2D eigenvalue weighted by Crippen LogP contribution is -2.52. The van der Waals surface area contributed by atoms with Gasteiger partial charge in [-0.05, 0) is 24.5 Å². The van der Waals surface area contributed by atoms with Gasteiger partial charge in [-0.1, -0.05) is 36.4 Å². The van der Waals surface area contributed by atoms with Crippen molar-refractivity contribution in [1.29, 1.82) is 0 Å². The van der Waals surface area contributed by atoms with Crippen LogP contribution in [0.5, 0.6) is 0 Å². The zero-order valence-corrected chi connectivity index (χ0v) is 10.3. The van der Waals surface area contributed by atoms with Crippen LogP contribution in [0.2, 0.25) is 0 Å². The van der Waals surface area contributed by atoms with Crippen LogP contribution in [0.4, 0.5) is 0 Å². The molecule has 2 heterocycles. The molecule has 1 fully saturated rings. The largest absolute Gasteiger partial charge is 0.389 e. The number of aliphatic hydroxyl groups is 1. The number of benzene rings is 1. The maximum atomic E-state index is 10.6. The van der Waals surface area contributed by atoms with Crippen LogP contribution in [-0.2, 0) is 0 Å². The molecule has 0 amide bonds. The van der Waals surface area contributed by atoms with Crippen LogP contribution in [0.1, 0.15) is 18.9 Å². The van der Waals surface area contributed by atoms with Crippen LogP contribution in [0.15, 0.2) is 36.4 Å². The van der Waals surface area contributed by atoms with Crippen molar-refractivity contribution in [2.75, 3.05) is 19.6 Å². The maximum absolute atomic E-state index is 10.6. The van der Waals surface area contributed by atoms with Crippen molar-refractivity contribution >= 4 is 5.57 Å². The molecule has 1 unspecified atom stereocenters. The molecule has 1 aromatic rings. The predicted octanol–water partition coefficient (Wildman–Crippen LogP) is 2.16. The highest BCUT2D eigenvalue weighted by molar-refractivity contribution is 5.69. The normalized spacial score (nSPS) is 36.5. The summed E-state index contributed by atoms with van der Waals surface area (Å²) in [5, 5.41) is 10.6. The van der Waals surface area contributed by atoms with Crippen LogP contribution < -0.4 is 0 Å². The highest BCUT2D eigenvalue weighted by Crippen LogP contribution is 2.39. The van der Waals surface area contributed by atoms with Crippen LogP contribution in [-0.4, -0.2) is 35.2 Å². The molecule has 2 heteroatoms. The van der Waals surface area contributed by atoms with Gasteiger partial charge in [-0.25, -0.2) is 0 Å². The van der Waals surface area contributed by atoms with Crippen molar-refractivity contribution in [1.82, 2.24) is 4.90 Å². The van der Waals surface area contributed by atoms with Gasteiger partial charge in [0.1, 0.15) is 0 Å². The molecule has 1 aromatic carbocycles. The second kappa shape index (κ2) is 3.97. The molecule has 1 saturated heterocycles. The summed E-state index contributed by atoms with van der Waals surface area (Å²) < 4.78 is 0.